The second kappa shape index (κ2) is 5.68. The van der Waals surface area contributed by atoms with Crippen LogP contribution in [0.25, 0.3) is 5.57 Å². The van der Waals surface area contributed by atoms with Gasteiger partial charge in [-0.15, -0.1) is 12.4 Å². The van der Waals surface area contributed by atoms with E-state index in [9.17, 15) is 4.79 Å². The van der Waals surface area contributed by atoms with Gasteiger partial charge in [-0.1, -0.05) is 24.3 Å². The van der Waals surface area contributed by atoms with Crippen LogP contribution in [0.5, 0.6) is 0 Å². The van der Waals surface area contributed by atoms with Crippen molar-refractivity contribution in [3.63, 3.8) is 0 Å². The summed E-state index contributed by atoms with van der Waals surface area (Å²) in [4.78, 5) is 11.2. The van der Waals surface area contributed by atoms with Gasteiger partial charge in [0.2, 0.25) is 5.91 Å². The molecule has 1 aromatic carbocycles. The zero-order valence-corrected chi connectivity index (χ0v) is 9.72. The van der Waals surface area contributed by atoms with Gasteiger partial charge in [-0.05, 0) is 30.2 Å². The lowest BCUT2D eigenvalue weighted by Crippen LogP contribution is -2.23. The molecule has 1 aliphatic heterocycles. The summed E-state index contributed by atoms with van der Waals surface area (Å²) in [5.74, 6) is -0.364. The van der Waals surface area contributed by atoms with Gasteiger partial charge in [-0.3, -0.25) is 4.79 Å². The molecule has 0 saturated heterocycles. The minimum atomic E-state index is -0.364. The summed E-state index contributed by atoms with van der Waals surface area (Å²) >= 11 is 0. The first kappa shape index (κ1) is 12.7. The lowest BCUT2D eigenvalue weighted by molar-refractivity contribution is 0.1000. The Balaban J connectivity index is 0.00000128. The number of rotatable bonds is 2. The minimum Gasteiger partial charge on any atom is -0.366 e. The summed E-state index contributed by atoms with van der Waals surface area (Å²) in [6.07, 6.45) is 3.17. The molecule has 0 aromatic heterocycles. The highest BCUT2D eigenvalue weighted by atomic mass is 35.5. The van der Waals surface area contributed by atoms with Crippen molar-refractivity contribution in [1.29, 1.82) is 0 Å². The Kier molecular flexibility index (Phi) is 4.52. The summed E-state index contributed by atoms with van der Waals surface area (Å²) in [5, 5.41) is 3.28. The molecule has 86 valence electrons. The molecule has 1 amide bonds. The predicted molar refractivity (Wildman–Crippen MR) is 67.7 cm³/mol. The van der Waals surface area contributed by atoms with Crippen LogP contribution >= 0.6 is 12.4 Å². The van der Waals surface area contributed by atoms with Crippen molar-refractivity contribution >= 4 is 23.9 Å². The number of hydrogen-bond acceptors (Lipinski definition) is 2. The fourth-order valence-corrected chi connectivity index (χ4v) is 1.83. The molecule has 1 aromatic rings. The van der Waals surface area contributed by atoms with Crippen LogP contribution in [0.3, 0.4) is 0 Å². The van der Waals surface area contributed by atoms with Gasteiger partial charge in [-0.25, -0.2) is 0 Å². The largest absolute Gasteiger partial charge is 0.366 e. The predicted octanol–water partition coefficient (Wildman–Crippen LogP) is 1.58. The van der Waals surface area contributed by atoms with E-state index in [-0.39, 0.29) is 18.3 Å². The van der Waals surface area contributed by atoms with Crippen molar-refractivity contribution in [2.75, 3.05) is 13.1 Å². The maximum absolute atomic E-state index is 11.2. The SMILES string of the molecule is Cl.NC(=O)c1ccccc1C1=CCCNC1. The Labute approximate surface area is 101 Å². The van der Waals surface area contributed by atoms with Crippen LogP contribution in [-0.4, -0.2) is 19.0 Å². The van der Waals surface area contributed by atoms with Crippen LogP contribution in [0, 0.1) is 0 Å². The number of nitrogens with one attached hydrogen (secondary N) is 1. The molecule has 1 heterocycles. The number of benzene rings is 1. The van der Waals surface area contributed by atoms with Crippen LogP contribution in [-0.2, 0) is 0 Å². The molecular formula is C12H15ClN2O. The van der Waals surface area contributed by atoms with Gasteiger partial charge in [0.25, 0.3) is 0 Å². The molecule has 4 heteroatoms. The second-order valence-electron chi connectivity index (χ2n) is 3.60. The number of primary amides is 1. The van der Waals surface area contributed by atoms with Gasteiger partial charge < -0.3 is 11.1 Å². The molecule has 16 heavy (non-hydrogen) atoms. The maximum Gasteiger partial charge on any atom is 0.249 e. The normalized spacial score (nSPS) is 14.9. The third-order valence-electron chi connectivity index (χ3n) is 2.57. The zero-order valence-electron chi connectivity index (χ0n) is 8.90. The van der Waals surface area contributed by atoms with Crippen LogP contribution in [0.15, 0.2) is 30.3 Å². The summed E-state index contributed by atoms with van der Waals surface area (Å²) in [5.41, 5.74) is 8.06. The Morgan fingerprint density at radius 2 is 2.06 bits per heavy atom. The molecule has 0 unspecified atom stereocenters. The van der Waals surface area contributed by atoms with Crippen LogP contribution < -0.4 is 11.1 Å². The highest BCUT2D eigenvalue weighted by Gasteiger charge is 2.12. The number of hydrogen-bond donors (Lipinski definition) is 2. The zero-order chi connectivity index (χ0) is 10.7. The standard InChI is InChI=1S/C12H14N2O.ClH/c13-12(15)11-6-2-1-5-10(11)9-4-3-7-14-8-9;/h1-2,4-6,14H,3,7-8H2,(H2,13,15);1H. The van der Waals surface area contributed by atoms with Gasteiger partial charge >= 0.3 is 0 Å². The fourth-order valence-electron chi connectivity index (χ4n) is 1.83. The third kappa shape index (κ3) is 2.62. The third-order valence-corrected chi connectivity index (χ3v) is 2.57. The van der Waals surface area contributed by atoms with E-state index in [4.69, 9.17) is 5.73 Å². The summed E-state index contributed by atoms with van der Waals surface area (Å²) in [7, 11) is 0. The molecule has 0 atom stereocenters. The van der Waals surface area contributed by atoms with Gasteiger partial charge in [0.05, 0.1) is 0 Å². The molecule has 2 rings (SSSR count). The number of halogens is 1. The average molecular weight is 239 g/mol. The van der Waals surface area contributed by atoms with E-state index in [1.54, 1.807) is 6.07 Å². The lowest BCUT2D eigenvalue weighted by atomic mass is 9.97. The molecule has 3 nitrogen and oxygen atoms in total. The number of nitrogens with two attached hydrogens (primary N) is 1. The first-order valence-electron chi connectivity index (χ1n) is 5.08. The summed E-state index contributed by atoms with van der Waals surface area (Å²) in [6.45, 7) is 1.81. The Morgan fingerprint density at radius 1 is 1.31 bits per heavy atom. The Hall–Kier alpha value is -1.32. The first-order valence-corrected chi connectivity index (χ1v) is 5.08. The van der Waals surface area contributed by atoms with Crippen LogP contribution in [0.4, 0.5) is 0 Å². The van der Waals surface area contributed by atoms with Gasteiger partial charge in [-0.2, -0.15) is 0 Å². The molecule has 0 spiro atoms. The van der Waals surface area contributed by atoms with Gasteiger partial charge in [0.1, 0.15) is 0 Å². The summed E-state index contributed by atoms with van der Waals surface area (Å²) in [6, 6.07) is 7.48. The van der Waals surface area contributed by atoms with Crippen molar-refractivity contribution in [2.24, 2.45) is 5.73 Å². The summed E-state index contributed by atoms with van der Waals surface area (Å²) < 4.78 is 0. The van der Waals surface area contributed by atoms with Crippen LogP contribution in [0.1, 0.15) is 22.3 Å². The number of carbonyl (C=O) groups excluding carboxylic acids is 1. The van der Waals surface area contributed by atoms with E-state index in [0.29, 0.717) is 5.56 Å². The van der Waals surface area contributed by atoms with Crippen molar-refractivity contribution in [3.05, 3.63) is 41.5 Å². The molecule has 0 aliphatic carbocycles. The highest BCUT2D eigenvalue weighted by molar-refractivity contribution is 5.98. The monoisotopic (exact) mass is 238 g/mol. The minimum absolute atomic E-state index is 0. The van der Waals surface area contributed by atoms with E-state index in [1.807, 2.05) is 18.2 Å². The van der Waals surface area contributed by atoms with Gasteiger partial charge in [0.15, 0.2) is 0 Å². The van der Waals surface area contributed by atoms with E-state index in [1.165, 1.54) is 0 Å². The molecule has 0 saturated carbocycles. The smallest absolute Gasteiger partial charge is 0.249 e. The molecular weight excluding hydrogens is 224 g/mol. The van der Waals surface area contributed by atoms with E-state index in [0.717, 1.165) is 30.6 Å². The second-order valence-corrected chi connectivity index (χ2v) is 3.60. The molecule has 0 radical (unpaired) electrons. The Bertz CT molecular complexity index is 415. The quantitative estimate of drug-likeness (QED) is 0.822. The van der Waals surface area contributed by atoms with Crippen molar-refractivity contribution in [3.8, 4) is 0 Å². The highest BCUT2D eigenvalue weighted by Crippen LogP contribution is 2.20. The fraction of sp³-hybridized carbons (Fsp3) is 0.250. The van der Waals surface area contributed by atoms with E-state index >= 15 is 0 Å². The average Bonchev–Trinajstić information content (AvgIpc) is 2.30. The van der Waals surface area contributed by atoms with Crippen molar-refractivity contribution < 1.29 is 4.79 Å². The van der Waals surface area contributed by atoms with Crippen molar-refractivity contribution in [2.45, 2.75) is 6.42 Å². The van der Waals surface area contributed by atoms with E-state index in [2.05, 4.69) is 11.4 Å². The number of carbonyl (C=O) groups is 1. The molecule has 0 fully saturated rings. The van der Waals surface area contributed by atoms with Crippen molar-refractivity contribution in [1.82, 2.24) is 5.32 Å². The maximum atomic E-state index is 11.2. The Morgan fingerprint density at radius 3 is 2.69 bits per heavy atom. The van der Waals surface area contributed by atoms with Crippen LogP contribution in [0.2, 0.25) is 0 Å². The van der Waals surface area contributed by atoms with Gasteiger partial charge in [0, 0.05) is 12.1 Å². The van der Waals surface area contributed by atoms with E-state index < -0.39 is 0 Å². The number of amides is 1. The topological polar surface area (TPSA) is 55.1 Å². The first-order chi connectivity index (χ1) is 7.29. The molecule has 0 bridgehead atoms. The lowest BCUT2D eigenvalue weighted by Gasteiger charge is -2.16. The molecule has 1 aliphatic rings. The molecule has 3 N–H and O–H groups in total.